The van der Waals surface area contributed by atoms with Crippen LogP contribution in [0.1, 0.15) is 53.4 Å². The highest BCUT2D eigenvalue weighted by molar-refractivity contribution is 5.01. The Bertz CT molecular complexity index is 284. The largest absolute Gasteiger partial charge is 0.394 e. The van der Waals surface area contributed by atoms with Crippen LogP contribution in [0.3, 0.4) is 0 Å². The van der Waals surface area contributed by atoms with Gasteiger partial charge in [-0.2, -0.15) is 0 Å². The highest BCUT2D eigenvalue weighted by Crippen LogP contribution is 2.36. The molecular weight excluding hydrogens is 236 g/mol. The number of aliphatic hydroxyl groups is 1. The fourth-order valence-electron chi connectivity index (χ4n) is 4.35. The molecule has 4 atom stereocenters. The Morgan fingerprint density at radius 2 is 1.89 bits per heavy atom. The molecule has 4 unspecified atom stereocenters. The number of hydrogen-bond donors (Lipinski definition) is 2. The van der Waals surface area contributed by atoms with Gasteiger partial charge in [-0.1, -0.05) is 27.7 Å². The van der Waals surface area contributed by atoms with E-state index in [0.29, 0.717) is 12.1 Å². The molecular formula is C16H32N2O. The van der Waals surface area contributed by atoms with Crippen molar-refractivity contribution in [2.24, 2.45) is 11.8 Å². The van der Waals surface area contributed by atoms with Gasteiger partial charge in [-0.3, -0.25) is 4.90 Å². The standard InChI is InChI=1S/C16H32N2O/c1-12(2)17-16(11-19)6-5-15(8-16)18-9-13(3)7-14(4)10-18/h12-15,17,19H,5-11H2,1-4H3. The molecule has 1 heterocycles. The zero-order chi connectivity index (χ0) is 14.0. The molecule has 0 bridgehead atoms. The molecule has 2 rings (SSSR count). The summed E-state index contributed by atoms with van der Waals surface area (Å²) in [6, 6.07) is 1.12. The summed E-state index contributed by atoms with van der Waals surface area (Å²) in [5, 5.41) is 13.4. The van der Waals surface area contributed by atoms with Crippen LogP contribution in [0.4, 0.5) is 0 Å². The molecule has 0 radical (unpaired) electrons. The molecule has 112 valence electrons. The van der Waals surface area contributed by atoms with E-state index in [1.165, 1.54) is 25.9 Å². The van der Waals surface area contributed by atoms with Gasteiger partial charge in [0.05, 0.1) is 6.61 Å². The number of piperidine rings is 1. The Labute approximate surface area is 118 Å². The third-order valence-corrected chi connectivity index (χ3v) is 4.89. The van der Waals surface area contributed by atoms with Crippen molar-refractivity contribution in [3.8, 4) is 0 Å². The van der Waals surface area contributed by atoms with E-state index in [2.05, 4.69) is 37.9 Å². The maximum atomic E-state index is 9.80. The quantitative estimate of drug-likeness (QED) is 0.821. The van der Waals surface area contributed by atoms with Crippen molar-refractivity contribution >= 4 is 0 Å². The molecule has 0 aromatic heterocycles. The van der Waals surface area contributed by atoms with E-state index >= 15 is 0 Å². The first-order chi connectivity index (χ1) is 8.94. The van der Waals surface area contributed by atoms with Crippen molar-refractivity contribution in [3.63, 3.8) is 0 Å². The topological polar surface area (TPSA) is 35.5 Å². The molecule has 2 N–H and O–H groups in total. The molecule has 1 aliphatic heterocycles. The molecule has 1 aliphatic carbocycles. The Kier molecular flexibility index (Phi) is 4.91. The van der Waals surface area contributed by atoms with E-state index in [0.717, 1.165) is 24.7 Å². The SMILES string of the molecule is CC1CC(C)CN(C2CCC(CO)(NC(C)C)C2)C1. The molecule has 2 fully saturated rings. The molecule has 0 aromatic carbocycles. The number of rotatable bonds is 4. The van der Waals surface area contributed by atoms with Gasteiger partial charge >= 0.3 is 0 Å². The maximum Gasteiger partial charge on any atom is 0.0614 e. The van der Waals surface area contributed by atoms with Crippen molar-refractivity contribution in [2.75, 3.05) is 19.7 Å². The van der Waals surface area contributed by atoms with Crippen LogP contribution in [0.5, 0.6) is 0 Å². The van der Waals surface area contributed by atoms with Crippen LogP contribution in [-0.2, 0) is 0 Å². The molecule has 1 saturated carbocycles. The van der Waals surface area contributed by atoms with Gasteiger partial charge in [0.15, 0.2) is 0 Å². The predicted molar refractivity (Wildman–Crippen MR) is 80.2 cm³/mol. The summed E-state index contributed by atoms with van der Waals surface area (Å²) >= 11 is 0. The molecule has 3 heteroatoms. The monoisotopic (exact) mass is 268 g/mol. The average Bonchev–Trinajstić information content (AvgIpc) is 2.72. The highest BCUT2D eigenvalue weighted by Gasteiger charge is 2.42. The fraction of sp³-hybridized carbons (Fsp3) is 1.00. The Balaban J connectivity index is 1.96. The third kappa shape index (κ3) is 3.71. The number of nitrogens with zero attached hydrogens (tertiary/aromatic N) is 1. The van der Waals surface area contributed by atoms with Gasteiger partial charge in [0.25, 0.3) is 0 Å². The van der Waals surface area contributed by atoms with Gasteiger partial charge < -0.3 is 10.4 Å². The van der Waals surface area contributed by atoms with Crippen LogP contribution in [0.25, 0.3) is 0 Å². The van der Waals surface area contributed by atoms with Crippen LogP contribution >= 0.6 is 0 Å². The predicted octanol–water partition coefficient (Wildman–Crippen LogP) is 2.25. The molecule has 0 spiro atoms. The van der Waals surface area contributed by atoms with E-state index in [-0.39, 0.29) is 12.1 Å². The molecule has 19 heavy (non-hydrogen) atoms. The Morgan fingerprint density at radius 3 is 2.42 bits per heavy atom. The zero-order valence-electron chi connectivity index (χ0n) is 13.2. The van der Waals surface area contributed by atoms with Gasteiger partial charge in [0.1, 0.15) is 0 Å². The summed E-state index contributed by atoms with van der Waals surface area (Å²) in [7, 11) is 0. The lowest BCUT2D eigenvalue weighted by molar-refractivity contribution is 0.0851. The second-order valence-electron chi connectivity index (χ2n) is 7.53. The first kappa shape index (κ1) is 15.3. The summed E-state index contributed by atoms with van der Waals surface area (Å²) in [4.78, 5) is 2.69. The minimum absolute atomic E-state index is 0.0250. The number of nitrogens with one attached hydrogen (secondary N) is 1. The van der Waals surface area contributed by atoms with Crippen LogP contribution in [0.2, 0.25) is 0 Å². The lowest BCUT2D eigenvalue weighted by atomic mass is 9.90. The van der Waals surface area contributed by atoms with E-state index in [9.17, 15) is 5.11 Å². The summed E-state index contributed by atoms with van der Waals surface area (Å²) in [6.45, 7) is 11.9. The molecule has 2 aliphatic rings. The van der Waals surface area contributed by atoms with Gasteiger partial charge in [0.2, 0.25) is 0 Å². The second kappa shape index (κ2) is 6.11. The van der Waals surface area contributed by atoms with E-state index in [4.69, 9.17) is 0 Å². The van der Waals surface area contributed by atoms with Crippen LogP contribution in [-0.4, -0.2) is 47.3 Å². The van der Waals surface area contributed by atoms with Gasteiger partial charge in [-0.25, -0.2) is 0 Å². The van der Waals surface area contributed by atoms with Crippen LogP contribution < -0.4 is 5.32 Å². The van der Waals surface area contributed by atoms with Crippen molar-refractivity contribution in [2.45, 2.75) is 71.0 Å². The van der Waals surface area contributed by atoms with E-state index < -0.39 is 0 Å². The van der Waals surface area contributed by atoms with E-state index in [1.807, 2.05) is 0 Å². The Morgan fingerprint density at radius 1 is 1.26 bits per heavy atom. The van der Waals surface area contributed by atoms with Crippen LogP contribution in [0.15, 0.2) is 0 Å². The summed E-state index contributed by atoms with van der Waals surface area (Å²) in [5.74, 6) is 1.65. The minimum Gasteiger partial charge on any atom is -0.394 e. The lowest BCUT2D eigenvalue weighted by Crippen LogP contribution is -2.51. The maximum absolute atomic E-state index is 9.80. The van der Waals surface area contributed by atoms with Crippen molar-refractivity contribution in [1.29, 1.82) is 0 Å². The van der Waals surface area contributed by atoms with Gasteiger partial charge in [0, 0.05) is 30.7 Å². The van der Waals surface area contributed by atoms with Crippen molar-refractivity contribution in [1.82, 2.24) is 10.2 Å². The molecule has 3 nitrogen and oxygen atoms in total. The number of likely N-dealkylation sites (tertiary alicyclic amines) is 1. The average molecular weight is 268 g/mol. The summed E-state index contributed by atoms with van der Waals surface area (Å²) in [5.41, 5.74) is -0.0250. The van der Waals surface area contributed by atoms with Gasteiger partial charge in [-0.05, 0) is 37.5 Å². The number of hydrogen-bond acceptors (Lipinski definition) is 3. The normalized spacial score (nSPS) is 41.1. The first-order valence-corrected chi connectivity index (χ1v) is 8.07. The second-order valence-corrected chi connectivity index (χ2v) is 7.53. The molecule has 0 aromatic rings. The van der Waals surface area contributed by atoms with Crippen LogP contribution in [0, 0.1) is 11.8 Å². The fourth-order valence-corrected chi connectivity index (χ4v) is 4.35. The van der Waals surface area contributed by atoms with Crippen molar-refractivity contribution < 1.29 is 5.11 Å². The highest BCUT2D eigenvalue weighted by atomic mass is 16.3. The molecule has 1 saturated heterocycles. The van der Waals surface area contributed by atoms with Crippen molar-refractivity contribution in [3.05, 3.63) is 0 Å². The summed E-state index contributed by atoms with van der Waals surface area (Å²) < 4.78 is 0. The summed E-state index contributed by atoms with van der Waals surface area (Å²) in [6.07, 6.45) is 4.84. The smallest absolute Gasteiger partial charge is 0.0614 e. The van der Waals surface area contributed by atoms with Gasteiger partial charge in [-0.15, -0.1) is 0 Å². The minimum atomic E-state index is -0.0250. The lowest BCUT2D eigenvalue weighted by Gasteiger charge is -2.40. The van der Waals surface area contributed by atoms with E-state index in [1.54, 1.807) is 0 Å². The third-order valence-electron chi connectivity index (χ3n) is 4.89. The Hall–Kier alpha value is -0.120. The number of aliphatic hydroxyl groups excluding tert-OH is 1. The zero-order valence-corrected chi connectivity index (χ0v) is 13.2. The molecule has 0 amide bonds. The first-order valence-electron chi connectivity index (χ1n) is 8.07.